The van der Waals surface area contributed by atoms with Crippen molar-refractivity contribution < 1.29 is 4.74 Å². The summed E-state index contributed by atoms with van der Waals surface area (Å²) in [5.41, 5.74) is 2.62. The summed E-state index contributed by atoms with van der Waals surface area (Å²) in [6.07, 6.45) is 2.67. The Bertz CT molecular complexity index is 639. The second-order valence-corrected chi connectivity index (χ2v) is 4.79. The quantitative estimate of drug-likeness (QED) is 0.796. The van der Waals surface area contributed by atoms with Crippen molar-refractivity contribution in [3.63, 3.8) is 0 Å². The van der Waals surface area contributed by atoms with Crippen LogP contribution >= 0.6 is 0 Å². The minimum absolute atomic E-state index is 0.309. The van der Waals surface area contributed by atoms with Crippen LogP contribution in [0.25, 0.3) is 10.8 Å². The Kier molecular flexibility index (Phi) is 2.68. The molecule has 0 saturated heterocycles. The van der Waals surface area contributed by atoms with E-state index < -0.39 is 0 Å². The number of nitriles is 1. The average molecular weight is 237 g/mol. The molecule has 0 unspecified atom stereocenters. The topological polar surface area (TPSA) is 33.0 Å². The summed E-state index contributed by atoms with van der Waals surface area (Å²) in [6.45, 7) is 0. The molecule has 18 heavy (non-hydrogen) atoms. The normalized spacial score (nSPS) is 17.4. The lowest BCUT2D eigenvalue weighted by Crippen LogP contribution is -2.10. The highest BCUT2D eigenvalue weighted by Gasteiger charge is 2.24. The van der Waals surface area contributed by atoms with E-state index in [0.29, 0.717) is 12.3 Å². The molecular formula is C16H15NO. The summed E-state index contributed by atoms with van der Waals surface area (Å²) in [7, 11) is 1.71. The first-order valence-electron chi connectivity index (χ1n) is 6.30. The first-order valence-corrected chi connectivity index (χ1v) is 6.30. The first-order chi connectivity index (χ1) is 8.85. The summed E-state index contributed by atoms with van der Waals surface area (Å²) < 4.78 is 5.50. The number of methoxy groups -OCH3 is 1. The predicted molar refractivity (Wildman–Crippen MR) is 71.8 cm³/mol. The van der Waals surface area contributed by atoms with E-state index in [1.807, 2.05) is 6.07 Å². The van der Waals surface area contributed by atoms with Crippen molar-refractivity contribution in [3.05, 3.63) is 41.5 Å². The number of aryl methyl sites for hydroxylation is 1. The highest BCUT2D eigenvalue weighted by Crippen LogP contribution is 2.43. The van der Waals surface area contributed by atoms with Gasteiger partial charge in [-0.15, -0.1) is 0 Å². The minimum Gasteiger partial charge on any atom is -0.496 e. The molecule has 1 aliphatic carbocycles. The van der Waals surface area contributed by atoms with Crippen molar-refractivity contribution in [2.75, 3.05) is 7.11 Å². The average Bonchev–Trinajstić information content (AvgIpc) is 2.42. The number of hydrogen-bond donors (Lipinski definition) is 0. The summed E-state index contributed by atoms with van der Waals surface area (Å²) in [5.74, 6) is 1.23. The van der Waals surface area contributed by atoms with E-state index in [2.05, 4.69) is 30.3 Å². The van der Waals surface area contributed by atoms with Gasteiger partial charge in [-0.05, 0) is 35.2 Å². The van der Waals surface area contributed by atoms with Crippen LogP contribution in [0.3, 0.4) is 0 Å². The van der Waals surface area contributed by atoms with E-state index in [-0.39, 0.29) is 0 Å². The lowest BCUT2D eigenvalue weighted by atomic mass is 9.79. The van der Waals surface area contributed by atoms with Crippen molar-refractivity contribution in [1.29, 1.82) is 5.26 Å². The fourth-order valence-corrected chi connectivity index (χ4v) is 3.05. The molecule has 0 fully saturated rings. The molecule has 0 aliphatic heterocycles. The van der Waals surface area contributed by atoms with Crippen LogP contribution in [0.15, 0.2) is 30.3 Å². The van der Waals surface area contributed by atoms with Crippen molar-refractivity contribution in [1.82, 2.24) is 0 Å². The second kappa shape index (κ2) is 4.34. The Morgan fingerprint density at radius 1 is 1.33 bits per heavy atom. The maximum Gasteiger partial charge on any atom is 0.123 e. The molecule has 0 radical (unpaired) electrons. The molecule has 0 saturated carbocycles. The predicted octanol–water partition coefficient (Wildman–Crippen LogP) is 3.79. The largest absolute Gasteiger partial charge is 0.496 e. The van der Waals surface area contributed by atoms with E-state index in [0.717, 1.165) is 18.6 Å². The molecular weight excluding hydrogens is 222 g/mol. The van der Waals surface area contributed by atoms with Gasteiger partial charge in [0.2, 0.25) is 0 Å². The van der Waals surface area contributed by atoms with Crippen LogP contribution in [0, 0.1) is 11.3 Å². The Balaban J connectivity index is 2.33. The fraction of sp³-hybridized carbons (Fsp3) is 0.312. The highest BCUT2D eigenvalue weighted by molar-refractivity contribution is 5.92. The van der Waals surface area contributed by atoms with E-state index in [9.17, 15) is 0 Å². The molecule has 2 nitrogen and oxygen atoms in total. The zero-order valence-electron chi connectivity index (χ0n) is 10.4. The van der Waals surface area contributed by atoms with Gasteiger partial charge in [-0.25, -0.2) is 0 Å². The van der Waals surface area contributed by atoms with Crippen LogP contribution in [0.1, 0.15) is 29.9 Å². The summed E-state index contributed by atoms with van der Waals surface area (Å²) in [4.78, 5) is 0. The highest BCUT2D eigenvalue weighted by atomic mass is 16.5. The molecule has 0 bridgehead atoms. The minimum atomic E-state index is 0.309. The summed E-state index contributed by atoms with van der Waals surface area (Å²) in [5, 5.41) is 11.6. The van der Waals surface area contributed by atoms with Crippen molar-refractivity contribution in [3.8, 4) is 11.8 Å². The maximum absolute atomic E-state index is 8.99. The van der Waals surface area contributed by atoms with E-state index in [4.69, 9.17) is 10.00 Å². The van der Waals surface area contributed by atoms with Gasteiger partial charge in [0, 0.05) is 17.9 Å². The SMILES string of the molecule is COc1ccc2cccc3c2c1[C@@H](CC#N)CC3. The molecule has 2 aromatic carbocycles. The zero-order chi connectivity index (χ0) is 12.5. The summed E-state index contributed by atoms with van der Waals surface area (Å²) >= 11 is 0. The van der Waals surface area contributed by atoms with Gasteiger partial charge in [0.05, 0.1) is 13.2 Å². The Morgan fingerprint density at radius 3 is 3.00 bits per heavy atom. The first kappa shape index (κ1) is 11.1. The molecule has 2 aromatic rings. The second-order valence-electron chi connectivity index (χ2n) is 4.79. The summed E-state index contributed by atoms with van der Waals surface area (Å²) in [6, 6.07) is 12.9. The van der Waals surface area contributed by atoms with E-state index in [1.54, 1.807) is 7.11 Å². The Labute approximate surface area is 107 Å². The maximum atomic E-state index is 8.99. The van der Waals surface area contributed by atoms with Crippen LogP contribution in [-0.4, -0.2) is 7.11 Å². The van der Waals surface area contributed by atoms with Gasteiger partial charge in [0.15, 0.2) is 0 Å². The van der Waals surface area contributed by atoms with Crippen molar-refractivity contribution in [2.24, 2.45) is 0 Å². The molecule has 1 atom stereocenters. The number of nitrogens with zero attached hydrogens (tertiary/aromatic N) is 1. The van der Waals surface area contributed by atoms with Crippen molar-refractivity contribution in [2.45, 2.75) is 25.2 Å². The number of benzene rings is 2. The monoisotopic (exact) mass is 237 g/mol. The van der Waals surface area contributed by atoms with Gasteiger partial charge >= 0.3 is 0 Å². The molecule has 0 spiro atoms. The van der Waals surface area contributed by atoms with Crippen LogP contribution in [-0.2, 0) is 6.42 Å². The third-order valence-corrected chi connectivity index (χ3v) is 3.86. The molecule has 1 aliphatic rings. The van der Waals surface area contributed by atoms with Crippen LogP contribution in [0.5, 0.6) is 5.75 Å². The van der Waals surface area contributed by atoms with Gasteiger partial charge in [0.25, 0.3) is 0 Å². The van der Waals surface area contributed by atoms with Gasteiger partial charge in [0.1, 0.15) is 5.75 Å². The lowest BCUT2D eigenvalue weighted by molar-refractivity contribution is 0.404. The smallest absolute Gasteiger partial charge is 0.123 e. The molecule has 0 N–H and O–H groups in total. The molecule has 0 aromatic heterocycles. The molecule has 90 valence electrons. The van der Waals surface area contributed by atoms with Crippen LogP contribution in [0.2, 0.25) is 0 Å². The van der Waals surface area contributed by atoms with E-state index in [1.165, 1.54) is 21.9 Å². The Hall–Kier alpha value is -2.01. The van der Waals surface area contributed by atoms with E-state index >= 15 is 0 Å². The number of ether oxygens (including phenoxy) is 1. The third-order valence-electron chi connectivity index (χ3n) is 3.86. The van der Waals surface area contributed by atoms with Crippen LogP contribution in [0.4, 0.5) is 0 Å². The molecule has 0 amide bonds. The fourth-order valence-electron chi connectivity index (χ4n) is 3.05. The van der Waals surface area contributed by atoms with Gasteiger partial charge in [-0.3, -0.25) is 0 Å². The molecule has 3 rings (SSSR count). The number of hydrogen-bond acceptors (Lipinski definition) is 2. The third kappa shape index (κ3) is 1.55. The van der Waals surface area contributed by atoms with Crippen LogP contribution < -0.4 is 4.74 Å². The Morgan fingerprint density at radius 2 is 2.22 bits per heavy atom. The van der Waals surface area contributed by atoms with Gasteiger partial charge < -0.3 is 4.74 Å². The number of rotatable bonds is 2. The zero-order valence-corrected chi connectivity index (χ0v) is 10.4. The molecule has 2 heteroatoms. The molecule has 0 heterocycles. The van der Waals surface area contributed by atoms with Crippen molar-refractivity contribution >= 4 is 10.8 Å². The van der Waals surface area contributed by atoms with Gasteiger partial charge in [-0.2, -0.15) is 5.26 Å². The lowest BCUT2D eigenvalue weighted by Gasteiger charge is -2.26. The standard InChI is InChI=1S/C16H15NO/c1-18-14-8-7-12-4-2-3-11-5-6-13(9-10-17)16(14)15(11)12/h2-4,7-8,13H,5-6,9H2,1H3/t13-/m1/s1. The van der Waals surface area contributed by atoms with Gasteiger partial charge in [-0.1, -0.05) is 24.3 Å².